The van der Waals surface area contributed by atoms with Gasteiger partial charge in [-0.1, -0.05) is 12.1 Å². The molecule has 1 rings (SSSR count). The molecule has 4 heteroatoms. The summed E-state index contributed by atoms with van der Waals surface area (Å²) in [4.78, 5) is 0. The molecule has 0 aliphatic rings. The highest BCUT2D eigenvalue weighted by Gasteiger charge is 2.31. The average Bonchev–Trinajstić information content (AvgIpc) is 2.38. The quantitative estimate of drug-likeness (QED) is 0.779. The highest BCUT2D eigenvalue weighted by atomic mass is 35.5. The summed E-state index contributed by atoms with van der Waals surface area (Å²) in [7, 11) is 0. The van der Waals surface area contributed by atoms with Crippen LogP contribution in [0.5, 0.6) is 0 Å². The van der Waals surface area contributed by atoms with Gasteiger partial charge in [-0.25, -0.2) is 4.39 Å². The van der Waals surface area contributed by atoms with Crippen molar-refractivity contribution in [3.8, 4) is 12.1 Å². The normalized spacial score (nSPS) is 11.8. The number of hydrogen-bond donors (Lipinski definition) is 0. The lowest BCUT2D eigenvalue weighted by Gasteiger charge is -2.24. The number of rotatable bonds is 3. The molecule has 0 N–H and O–H groups in total. The summed E-state index contributed by atoms with van der Waals surface area (Å²) in [5.41, 5.74) is -0.656. The largest absolute Gasteiger partial charge is 0.206 e. The van der Waals surface area contributed by atoms with Gasteiger partial charge in [0.15, 0.2) is 0 Å². The van der Waals surface area contributed by atoms with E-state index in [0.717, 1.165) is 0 Å². The molecule has 0 aliphatic heterocycles. The van der Waals surface area contributed by atoms with Gasteiger partial charge in [0.25, 0.3) is 0 Å². The minimum atomic E-state index is -0.966. The molecule has 0 heterocycles. The van der Waals surface area contributed by atoms with Gasteiger partial charge in [-0.15, -0.1) is 11.6 Å². The van der Waals surface area contributed by atoms with E-state index in [1.807, 2.05) is 0 Å². The Balaban J connectivity index is 3.67. The smallest absolute Gasteiger partial charge is 0.132 e. The SMILES string of the molecule is CC(C)(C#N)c1cc(CCl)cc(C(C)(C)C#N)c1F. The monoisotopic (exact) mass is 278 g/mol. The lowest BCUT2D eigenvalue weighted by atomic mass is 9.78. The standard InChI is InChI=1S/C15H16ClFN2/c1-14(2,8-18)11-5-10(7-16)6-12(13(11)17)15(3,4)9-19/h5-6H,7H2,1-4H3. The van der Waals surface area contributed by atoms with Crippen LogP contribution < -0.4 is 0 Å². The van der Waals surface area contributed by atoms with Gasteiger partial charge in [0, 0.05) is 17.0 Å². The third-order valence-electron chi connectivity index (χ3n) is 3.19. The van der Waals surface area contributed by atoms with Crippen LogP contribution >= 0.6 is 11.6 Å². The first-order chi connectivity index (χ1) is 8.69. The number of hydrogen-bond acceptors (Lipinski definition) is 2. The first kappa shape index (κ1) is 15.5. The van der Waals surface area contributed by atoms with E-state index in [-0.39, 0.29) is 17.0 Å². The number of nitriles is 2. The molecule has 0 aromatic heterocycles. The molecule has 0 fully saturated rings. The molecule has 0 radical (unpaired) electrons. The molecule has 0 bridgehead atoms. The van der Waals surface area contributed by atoms with E-state index in [1.165, 1.54) is 0 Å². The predicted molar refractivity (Wildman–Crippen MR) is 73.2 cm³/mol. The van der Waals surface area contributed by atoms with Gasteiger partial charge in [-0.2, -0.15) is 10.5 Å². The topological polar surface area (TPSA) is 47.6 Å². The molecule has 19 heavy (non-hydrogen) atoms. The minimum absolute atomic E-state index is 0.212. The second-order valence-corrected chi connectivity index (χ2v) is 5.88. The zero-order chi connectivity index (χ0) is 14.8. The lowest BCUT2D eigenvalue weighted by molar-refractivity contribution is 0.524. The molecule has 0 atom stereocenters. The summed E-state index contributed by atoms with van der Waals surface area (Å²) in [6.45, 7) is 6.58. The van der Waals surface area contributed by atoms with Crippen molar-refractivity contribution < 1.29 is 4.39 Å². The van der Waals surface area contributed by atoms with Gasteiger partial charge < -0.3 is 0 Å². The summed E-state index contributed by atoms with van der Waals surface area (Å²) in [6, 6.07) is 7.36. The molecule has 0 saturated carbocycles. The molecule has 2 nitrogen and oxygen atoms in total. The highest BCUT2D eigenvalue weighted by Crippen LogP contribution is 2.34. The van der Waals surface area contributed by atoms with E-state index in [0.29, 0.717) is 5.56 Å². The number of alkyl halides is 1. The summed E-state index contributed by atoms with van der Waals surface area (Å²) in [6.07, 6.45) is 0. The van der Waals surface area contributed by atoms with Crippen LogP contribution in [-0.2, 0) is 16.7 Å². The van der Waals surface area contributed by atoms with Crippen molar-refractivity contribution in [3.63, 3.8) is 0 Å². The summed E-state index contributed by atoms with van der Waals surface area (Å²) < 4.78 is 14.6. The number of benzene rings is 1. The van der Waals surface area contributed by atoms with Crippen LogP contribution in [0.15, 0.2) is 12.1 Å². The van der Waals surface area contributed by atoms with E-state index < -0.39 is 16.6 Å². The van der Waals surface area contributed by atoms with Crippen LogP contribution in [0, 0.1) is 28.5 Å². The fraction of sp³-hybridized carbons (Fsp3) is 0.467. The Labute approximate surface area is 118 Å². The maximum absolute atomic E-state index is 14.6. The number of halogens is 2. The van der Waals surface area contributed by atoms with Crippen LogP contribution in [0.25, 0.3) is 0 Å². The van der Waals surface area contributed by atoms with Crippen LogP contribution in [-0.4, -0.2) is 0 Å². The van der Waals surface area contributed by atoms with Crippen molar-refractivity contribution in [2.24, 2.45) is 0 Å². The zero-order valence-electron chi connectivity index (χ0n) is 11.5. The first-order valence-electron chi connectivity index (χ1n) is 5.91. The van der Waals surface area contributed by atoms with Crippen molar-refractivity contribution >= 4 is 11.6 Å². The Bertz CT molecular complexity index is 530. The second kappa shape index (κ2) is 5.19. The van der Waals surface area contributed by atoms with Crippen molar-refractivity contribution in [1.29, 1.82) is 10.5 Å². The highest BCUT2D eigenvalue weighted by molar-refractivity contribution is 6.17. The van der Waals surface area contributed by atoms with Gasteiger partial charge in [0.05, 0.1) is 23.0 Å². The Morgan fingerprint density at radius 3 is 1.68 bits per heavy atom. The molecular formula is C15H16ClFN2. The average molecular weight is 279 g/mol. The molecular weight excluding hydrogens is 263 g/mol. The third-order valence-corrected chi connectivity index (χ3v) is 3.50. The molecule has 0 unspecified atom stereocenters. The minimum Gasteiger partial charge on any atom is -0.206 e. The van der Waals surface area contributed by atoms with Crippen molar-refractivity contribution in [2.45, 2.75) is 44.4 Å². The molecule has 1 aromatic carbocycles. The molecule has 0 saturated heterocycles. The van der Waals surface area contributed by atoms with Crippen molar-refractivity contribution in [1.82, 2.24) is 0 Å². The Hall–Kier alpha value is -1.58. The Kier molecular flexibility index (Phi) is 4.23. The molecule has 100 valence electrons. The zero-order valence-corrected chi connectivity index (χ0v) is 12.3. The Morgan fingerprint density at radius 1 is 1.05 bits per heavy atom. The van der Waals surface area contributed by atoms with Gasteiger partial charge in [-0.05, 0) is 33.3 Å². The van der Waals surface area contributed by atoms with E-state index >= 15 is 0 Å². The van der Waals surface area contributed by atoms with Gasteiger partial charge in [-0.3, -0.25) is 0 Å². The molecule has 1 aromatic rings. The van der Waals surface area contributed by atoms with Gasteiger partial charge in [0.2, 0.25) is 0 Å². The van der Waals surface area contributed by atoms with Gasteiger partial charge >= 0.3 is 0 Å². The summed E-state index contributed by atoms with van der Waals surface area (Å²) in [5.74, 6) is -0.282. The predicted octanol–water partition coefficient (Wildman–Crippen LogP) is 4.17. The number of nitrogens with zero attached hydrogens (tertiary/aromatic N) is 2. The fourth-order valence-corrected chi connectivity index (χ4v) is 1.95. The van der Waals surface area contributed by atoms with Gasteiger partial charge in [0.1, 0.15) is 5.82 Å². The van der Waals surface area contributed by atoms with Crippen LogP contribution in [0.3, 0.4) is 0 Å². The maximum Gasteiger partial charge on any atom is 0.132 e. The van der Waals surface area contributed by atoms with Crippen LogP contribution in [0.2, 0.25) is 0 Å². The van der Waals surface area contributed by atoms with E-state index in [4.69, 9.17) is 11.6 Å². The van der Waals surface area contributed by atoms with Crippen LogP contribution in [0.4, 0.5) is 4.39 Å². The molecule has 0 amide bonds. The van der Waals surface area contributed by atoms with E-state index in [1.54, 1.807) is 39.8 Å². The molecule has 0 aliphatic carbocycles. The Morgan fingerprint density at radius 2 is 1.42 bits per heavy atom. The molecule has 0 spiro atoms. The second-order valence-electron chi connectivity index (χ2n) is 5.61. The van der Waals surface area contributed by atoms with Crippen molar-refractivity contribution in [3.05, 3.63) is 34.6 Å². The summed E-state index contributed by atoms with van der Waals surface area (Å²) in [5, 5.41) is 18.3. The van der Waals surface area contributed by atoms with Crippen molar-refractivity contribution in [2.75, 3.05) is 0 Å². The fourth-order valence-electron chi connectivity index (χ4n) is 1.79. The summed E-state index contributed by atoms with van der Waals surface area (Å²) >= 11 is 5.82. The van der Waals surface area contributed by atoms with E-state index in [2.05, 4.69) is 12.1 Å². The lowest BCUT2D eigenvalue weighted by Crippen LogP contribution is -2.23. The maximum atomic E-state index is 14.6. The van der Waals surface area contributed by atoms with E-state index in [9.17, 15) is 14.9 Å². The van der Waals surface area contributed by atoms with Crippen LogP contribution in [0.1, 0.15) is 44.4 Å². The first-order valence-corrected chi connectivity index (χ1v) is 6.45. The third kappa shape index (κ3) is 2.88.